The molecule has 1 aliphatic heterocycles. The zero-order valence-corrected chi connectivity index (χ0v) is 15.6. The normalized spacial score (nSPS) is 22.1. The SMILES string of the molecule is CCOCCC1(CN=C(N)N2CCSCC2)CCC1.I. The lowest BCUT2D eigenvalue weighted by molar-refractivity contribution is 0.0608. The van der Waals surface area contributed by atoms with Crippen molar-refractivity contribution in [2.24, 2.45) is 16.1 Å². The van der Waals surface area contributed by atoms with E-state index in [4.69, 9.17) is 10.5 Å². The van der Waals surface area contributed by atoms with Gasteiger partial charge < -0.3 is 15.4 Å². The van der Waals surface area contributed by atoms with E-state index in [1.54, 1.807) is 0 Å². The summed E-state index contributed by atoms with van der Waals surface area (Å²) in [6, 6.07) is 0. The third kappa shape index (κ3) is 5.26. The highest BCUT2D eigenvalue weighted by atomic mass is 127. The van der Waals surface area contributed by atoms with Crippen molar-refractivity contribution in [1.29, 1.82) is 0 Å². The Morgan fingerprint density at radius 3 is 2.60 bits per heavy atom. The third-order valence-corrected chi connectivity index (χ3v) is 5.25. The van der Waals surface area contributed by atoms with Gasteiger partial charge in [0.15, 0.2) is 5.96 Å². The summed E-state index contributed by atoms with van der Waals surface area (Å²) in [5, 5.41) is 0. The second-order valence-corrected chi connectivity index (χ2v) is 6.80. The molecule has 0 aromatic rings. The van der Waals surface area contributed by atoms with Crippen molar-refractivity contribution in [3.05, 3.63) is 0 Å². The highest BCUT2D eigenvalue weighted by Gasteiger charge is 2.36. The summed E-state index contributed by atoms with van der Waals surface area (Å²) in [6.45, 7) is 6.71. The van der Waals surface area contributed by atoms with E-state index in [0.717, 1.165) is 45.2 Å². The lowest BCUT2D eigenvalue weighted by Crippen LogP contribution is -2.44. The van der Waals surface area contributed by atoms with E-state index in [-0.39, 0.29) is 24.0 Å². The van der Waals surface area contributed by atoms with Gasteiger partial charge in [-0.3, -0.25) is 4.99 Å². The highest BCUT2D eigenvalue weighted by molar-refractivity contribution is 14.0. The van der Waals surface area contributed by atoms with Crippen LogP contribution >= 0.6 is 35.7 Å². The first-order valence-electron chi connectivity index (χ1n) is 7.46. The van der Waals surface area contributed by atoms with Crippen LogP contribution in [0, 0.1) is 5.41 Å². The number of nitrogens with two attached hydrogens (primary N) is 1. The topological polar surface area (TPSA) is 50.9 Å². The minimum absolute atomic E-state index is 0. The van der Waals surface area contributed by atoms with Crippen LogP contribution < -0.4 is 5.73 Å². The first-order chi connectivity index (χ1) is 9.26. The summed E-state index contributed by atoms with van der Waals surface area (Å²) >= 11 is 2.00. The monoisotopic (exact) mass is 413 g/mol. The highest BCUT2D eigenvalue weighted by Crippen LogP contribution is 2.44. The number of hydrogen-bond donors (Lipinski definition) is 1. The maximum absolute atomic E-state index is 6.12. The van der Waals surface area contributed by atoms with Crippen LogP contribution in [-0.2, 0) is 4.74 Å². The molecule has 2 rings (SSSR count). The molecule has 2 N–H and O–H groups in total. The van der Waals surface area contributed by atoms with Crippen LogP contribution in [-0.4, -0.2) is 55.2 Å². The fraction of sp³-hybridized carbons (Fsp3) is 0.929. The molecule has 20 heavy (non-hydrogen) atoms. The predicted octanol–water partition coefficient (Wildman–Crippen LogP) is 2.56. The Hall–Kier alpha value is 0.310. The molecule has 6 heteroatoms. The van der Waals surface area contributed by atoms with Crippen LogP contribution in [0.15, 0.2) is 4.99 Å². The lowest BCUT2D eigenvalue weighted by Gasteiger charge is -2.41. The molecule has 2 fully saturated rings. The van der Waals surface area contributed by atoms with Crippen molar-refractivity contribution in [2.75, 3.05) is 44.4 Å². The fourth-order valence-electron chi connectivity index (χ4n) is 2.74. The van der Waals surface area contributed by atoms with Gasteiger partial charge in [-0.05, 0) is 31.6 Å². The van der Waals surface area contributed by atoms with Crippen LogP contribution in [0.5, 0.6) is 0 Å². The van der Waals surface area contributed by atoms with Gasteiger partial charge in [-0.2, -0.15) is 11.8 Å². The first kappa shape index (κ1) is 18.4. The number of hydrogen-bond acceptors (Lipinski definition) is 3. The average Bonchev–Trinajstić information content (AvgIpc) is 2.41. The van der Waals surface area contributed by atoms with Gasteiger partial charge >= 0.3 is 0 Å². The van der Waals surface area contributed by atoms with Gasteiger partial charge in [-0.1, -0.05) is 6.42 Å². The summed E-state index contributed by atoms with van der Waals surface area (Å²) in [7, 11) is 0. The zero-order valence-electron chi connectivity index (χ0n) is 12.5. The Labute approximate surface area is 144 Å². The molecular weight excluding hydrogens is 385 g/mol. The van der Waals surface area contributed by atoms with Crippen molar-refractivity contribution in [1.82, 2.24) is 4.90 Å². The quantitative estimate of drug-likeness (QED) is 0.315. The Morgan fingerprint density at radius 1 is 1.35 bits per heavy atom. The van der Waals surface area contributed by atoms with Crippen molar-refractivity contribution in [3.8, 4) is 0 Å². The van der Waals surface area contributed by atoms with Crippen molar-refractivity contribution >= 4 is 41.7 Å². The number of halogens is 1. The number of thioether (sulfide) groups is 1. The Bertz CT molecular complexity index is 305. The van der Waals surface area contributed by atoms with E-state index in [0.29, 0.717) is 5.41 Å². The smallest absolute Gasteiger partial charge is 0.191 e. The van der Waals surface area contributed by atoms with Crippen LogP contribution in [0.1, 0.15) is 32.6 Å². The van der Waals surface area contributed by atoms with Crippen LogP contribution in [0.25, 0.3) is 0 Å². The zero-order chi connectivity index (χ0) is 13.6. The Balaban J connectivity index is 0.00000200. The van der Waals surface area contributed by atoms with Gasteiger partial charge in [0.1, 0.15) is 0 Å². The first-order valence-corrected chi connectivity index (χ1v) is 8.62. The van der Waals surface area contributed by atoms with E-state index in [1.807, 2.05) is 11.8 Å². The molecule has 0 aromatic carbocycles. The summed E-state index contributed by atoms with van der Waals surface area (Å²) in [5.74, 6) is 3.10. The van der Waals surface area contributed by atoms with E-state index < -0.39 is 0 Å². The molecule has 2 aliphatic rings. The van der Waals surface area contributed by atoms with Crippen molar-refractivity contribution in [2.45, 2.75) is 32.6 Å². The molecule has 0 aromatic heterocycles. The Kier molecular flexibility index (Phi) is 8.59. The van der Waals surface area contributed by atoms with E-state index in [2.05, 4.69) is 16.8 Å². The molecule has 0 unspecified atom stereocenters. The average molecular weight is 413 g/mol. The van der Waals surface area contributed by atoms with Crippen molar-refractivity contribution < 1.29 is 4.74 Å². The molecule has 1 saturated carbocycles. The molecule has 4 nitrogen and oxygen atoms in total. The van der Waals surface area contributed by atoms with Gasteiger partial charge in [0.2, 0.25) is 0 Å². The largest absolute Gasteiger partial charge is 0.382 e. The summed E-state index contributed by atoms with van der Waals surface area (Å²) in [5.41, 5.74) is 6.50. The second-order valence-electron chi connectivity index (χ2n) is 5.57. The van der Waals surface area contributed by atoms with Crippen LogP contribution in [0.2, 0.25) is 0 Å². The maximum Gasteiger partial charge on any atom is 0.191 e. The maximum atomic E-state index is 6.12. The number of rotatable bonds is 6. The van der Waals surface area contributed by atoms with Crippen LogP contribution in [0.4, 0.5) is 0 Å². The molecule has 0 atom stereocenters. The minimum atomic E-state index is 0. The molecular formula is C14H28IN3OS. The summed E-state index contributed by atoms with van der Waals surface area (Å²) in [6.07, 6.45) is 5.04. The molecule has 0 radical (unpaired) electrons. The number of ether oxygens (including phenoxy) is 1. The summed E-state index contributed by atoms with van der Waals surface area (Å²) in [4.78, 5) is 6.90. The van der Waals surface area contributed by atoms with Gasteiger partial charge in [0.25, 0.3) is 0 Å². The number of nitrogens with zero attached hydrogens (tertiary/aromatic N) is 2. The van der Waals surface area contributed by atoms with Gasteiger partial charge in [-0.25, -0.2) is 0 Å². The van der Waals surface area contributed by atoms with Crippen molar-refractivity contribution in [3.63, 3.8) is 0 Å². The fourth-order valence-corrected chi connectivity index (χ4v) is 3.64. The molecule has 1 aliphatic carbocycles. The van der Waals surface area contributed by atoms with E-state index in [1.165, 1.54) is 30.8 Å². The van der Waals surface area contributed by atoms with Gasteiger partial charge in [0.05, 0.1) is 0 Å². The Morgan fingerprint density at radius 2 is 2.05 bits per heavy atom. The molecule has 1 saturated heterocycles. The summed E-state index contributed by atoms with van der Waals surface area (Å²) < 4.78 is 5.50. The minimum Gasteiger partial charge on any atom is -0.382 e. The van der Waals surface area contributed by atoms with E-state index in [9.17, 15) is 0 Å². The molecule has 0 amide bonds. The lowest BCUT2D eigenvalue weighted by atomic mass is 9.67. The number of guanidine groups is 1. The predicted molar refractivity (Wildman–Crippen MR) is 98.2 cm³/mol. The van der Waals surface area contributed by atoms with Gasteiger partial charge in [-0.15, -0.1) is 24.0 Å². The van der Waals surface area contributed by atoms with Crippen LogP contribution in [0.3, 0.4) is 0 Å². The number of aliphatic imine (C=N–C) groups is 1. The van der Waals surface area contributed by atoms with E-state index >= 15 is 0 Å². The van der Waals surface area contributed by atoms with Gasteiger partial charge in [0, 0.05) is 44.4 Å². The standard InChI is InChI=1S/C14H27N3OS.HI/c1-2-18-9-6-14(4-3-5-14)12-16-13(15)17-7-10-19-11-8-17;/h2-12H2,1H3,(H2,15,16);1H. The second kappa shape index (κ2) is 9.35. The molecule has 0 spiro atoms. The molecule has 0 bridgehead atoms. The third-order valence-electron chi connectivity index (χ3n) is 4.31. The molecule has 1 heterocycles. The molecule has 118 valence electrons.